The summed E-state index contributed by atoms with van der Waals surface area (Å²) in [5.74, 6) is 2.74. The van der Waals surface area contributed by atoms with Crippen molar-refractivity contribution in [2.45, 2.75) is 51.7 Å². The van der Waals surface area contributed by atoms with Crippen molar-refractivity contribution in [3.63, 3.8) is 0 Å². The fraction of sp³-hybridized carbons (Fsp3) is 0.722. The van der Waals surface area contributed by atoms with Crippen molar-refractivity contribution in [1.29, 1.82) is 0 Å². The van der Waals surface area contributed by atoms with Gasteiger partial charge in [-0.25, -0.2) is 9.67 Å². The van der Waals surface area contributed by atoms with Gasteiger partial charge >= 0.3 is 0 Å². The van der Waals surface area contributed by atoms with Crippen LogP contribution < -0.4 is 10.2 Å². The van der Waals surface area contributed by atoms with Gasteiger partial charge < -0.3 is 15.0 Å². The van der Waals surface area contributed by atoms with Crippen LogP contribution in [0.25, 0.3) is 0 Å². The third-order valence-electron chi connectivity index (χ3n) is 5.37. The van der Waals surface area contributed by atoms with E-state index in [9.17, 15) is 0 Å². The molecule has 0 aromatic carbocycles. The van der Waals surface area contributed by atoms with E-state index in [1.54, 1.807) is 6.33 Å². The molecule has 2 aromatic rings. The molecule has 2 aromatic heterocycles. The Balaban J connectivity index is 1.53. The smallest absolute Gasteiger partial charge is 0.138 e. The van der Waals surface area contributed by atoms with E-state index in [1.165, 1.54) is 17.1 Å². The highest BCUT2D eigenvalue weighted by atomic mass is 16.5. The van der Waals surface area contributed by atoms with Gasteiger partial charge in [-0.2, -0.15) is 10.2 Å². The van der Waals surface area contributed by atoms with Crippen LogP contribution in [-0.4, -0.2) is 56.9 Å². The molecule has 1 N–H and O–H groups in total. The van der Waals surface area contributed by atoms with E-state index in [0.717, 1.165) is 58.1 Å². The molecule has 0 aliphatic carbocycles. The molecular formula is C18H29N7O. The second-order valence-corrected chi connectivity index (χ2v) is 7.54. The normalized spacial score (nSPS) is 20.6. The van der Waals surface area contributed by atoms with Gasteiger partial charge in [-0.3, -0.25) is 4.68 Å². The summed E-state index contributed by atoms with van der Waals surface area (Å²) in [5.41, 5.74) is 2.52. The van der Waals surface area contributed by atoms with E-state index in [0.29, 0.717) is 12.0 Å². The van der Waals surface area contributed by atoms with Crippen LogP contribution in [0.1, 0.15) is 43.3 Å². The highest BCUT2D eigenvalue weighted by Gasteiger charge is 2.26. The van der Waals surface area contributed by atoms with Crippen molar-refractivity contribution in [3.8, 4) is 0 Å². The minimum Gasteiger partial charge on any atom is -0.378 e. The van der Waals surface area contributed by atoms with Crippen molar-refractivity contribution in [2.75, 3.05) is 31.2 Å². The summed E-state index contributed by atoms with van der Waals surface area (Å²) in [6.07, 6.45) is 3.74. The Kier molecular flexibility index (Phi) is 4.95. The van der Waals surface area contributed by atoms with E-state index in [2.05, 4.69) is 41.2 Å². The first-order valence-electron chi connectivity index (χ1n) is 9.62. The average Bonchev–Trinajstić information content (AvgIpc) is 3.24. The van der Waals surface area contributed by atoms with Crippen LogP contribution in [-0.2, 0) is 31.3 Å². The Morgan fingerprint density at radius 1 is 1.31 bits per heavy atom. The summed E-state index contributed by atoms with van der Waals surface area (Å²) in [6.45, 7) is 9.59. The lowest BCUT2D eigenvalue weighted by atomic mass is 10.0. The number of nitrogens with one attached hydrogen (secondary N) is 1. The van der Waals surface area contributed by atoms with Crippen LogP contribution in [0, 0.1) is 0 Å². The molecule has 1 atom stereocenters. The molecule has 4 heterocycles. The average molecular weight is 359 g/mol. The lowest BCUT2D eigenvalue weighted by molar-refractivity contribution is 0.122. The van der Waals surface area contributed by atoms with E-state index in [4.69, 9.17) is 9.84 Å². The number of aromatic nitrogens is 5. The molecule has 0 saturated carbocycles. The Bertz CT molecular complexity index is 745. The van der Waals surface area contributed by atoms with E-state index >= 15 is 0 Å². The molecule has 0 amide bonds. The van der Waals surface area contributed by atoms with Crippen molar-refractivity contribution in [2.24, 2.45) is 7.05 Å². The number of morpholine rings is 1. The molecule has 1 saturated heterocycles. The third kappa shape index (κ3) is 3.35. The van der Waals surface area contributed by atoms with Crippen LogP contribution >= 0.6 is 0 Å². The fourth-order valence-electron chi connectivity index (χ4n) is 4.03. The lowest BCUT2D eigenvalue weighted by Crippen LogP contribution is -2.40. The molecule has 4 rings (SSSR count). The van der Waals surface area contributed by atoms with Gasteiger partial charge in [0.05, 0.1) is 25.5 Å². The topological polar surface area (TPSA) is 73.0 Å². The summed E-state index contributed by atoms with van der Waals surface area (Å²) in [5, 5.41) is 12.9. The highest BCUT2D eigenvalue weighted by Crippen LogP contribution is 2.29. The first-order chi connectivity index (χ1) is 12.6. The second-order valence-electron chi connectivity index (χ2n) is 7.54. The molecule has 8 heteroatoms. The van der Waals surface area contributed by atoms with Crippen LogP contribution in [0.4, 0.5) is 5.82 Å². The monoisotopic (exact) mass is 359 g/mol. The maximum absolute atomic E-state index is 5.53. The van der Waals surface area contributed by atoms with Crippen molar-refractivity contribution >= 4 is 5.82 Å². The number of ether oxygens (including phenoxy) is 1. The molecular weight excluding hydrogens is 330 g/mol. The van der Waals surface area contributed by atoms with Gasteiger partial charge in [-0.15, -0.1) is 0 Å². The number of hydrogen-bond donors (Lipinski definition) is 1. The van der Waals surface area contributed by atoms with E-state index in [-0.39, 0.29) is 0 Å². The lowest BCUT2D eigenvalue weighted by Gasteiger charge is -2.30. The van der Waals surface area contributed by atoms with Gasteiger partial charge in [-0.1, -0.05) is 13.8 Å². The van der Waals surface area contributed by atoms with Crippen molar-refractivity contribution in [3.05, 3.63) is 23.4 Å². The molecule has 1 fully saturated rings. The maximum atomic E-state index is 5.53. The number of anilines is 1. The third-order valence-corrected chi connectivity index (χ3v) is 5.37. The minimum atomic E-state index is 0.404. The Hall–Kier alpha value is -1.93. The number of nitrogens with zero attached hydrogens (tertiary/aromatic N) is 6. The van der Waals surface area contributed by atoms with E-state index in [1.807, 2.05) is 9.36 Å². The zero-order valence-electron chi connectivity index (χ0n) is 16.0. The molecule has 0 spiro atoms. The number of aryl methyl sites for hydroxylation is 2. The molecule has 8 nitrogen and oxygen atoms in total. The first kappa shape index (κ1) is 17.5. The van der Waals surface area contributed by atoms with E-state index < -0.39 is 0 Å². The summed E-state index contributed by atoms with van der Waals surface area (Å²) < 4.78 is 9.61. The maximum Gasteiger partial charge on any atom is 0.138 e. The Labute approximate surface area is 154 Å². The summed E-state index contributed by atoms with van der Waals surface area (Å²) >= 11 is 0. The highest BCUT2D eigenvalue weighted by molar-refractivity contribution is 5.51. The summed E-state index contributed by atoms with van der Waals surface area (Å²) in [7, 11) is 2.06. The number of fused-ring (bicyclic) bond motifs is 1. The zero-order chi connectivity index (χ0) is 18.1. The Morgan fingerprint density at radius 2 is 2.12 bits per heavy atom. The zero-order valence-corrected chi connectivity index (χ0v) is 16.0. The van der Waals surface area contributed by atoms with Crippen LogP contribution in [0.3, 0.4) is 0 Å². The molecule has 1 unspecified atom stereocenters. The number of hydrogen-bond acceptors (Lipinski definition) is 6. The van der Waals surface area contributed by atoms with Gasteiger partial charge in [0, 0.05) is 44.7 Å². The van der Waals surface area contributed by atoms with Crippen LogP contribution in [0.5, 0.6) is 0 Å². The van der Waals surface area contributed by atoms with Gasteiger partial charge in [-0.05, 0) is 12.3 Å². The summed E-state index contributed by atoms with van der Waals surface area (Å²) in [4.78, 5) is 6.73. The molecule has 0 bridgehead atoms. The SMILES string of the molecule is CC(C)c1nn(C)c(N2CCOCC2)c1CNC1CCc2ncnn2C1. The molecule has 2 aliphatic rings. The van der Waals surface area contributed by atoms with Crippen LogP contribution in [0.15, 0.2) is 6.33 Å². The largest absolute Gasteiger partial charge is 0.378 e. The van der Waals surface area contributed by atoms with Gasteiger partial charge in [0.1, 0.15) is 18.0 Å². The predicted molar refractivity (Wildman–Crippen MR) is 99.3 cm³/mol. The molecule has 142 valence electrons. The van der Waals surface area contributed by atoms with Crippen molar-refractivity contribution in [1.82, 2.24) is 29.9 Å². The van der Waals surface area contributed by atoms with Gasteiger partial charge in [0.25, 0.3) is 0 Å². The predicted octanol–water partition coefficient (Wildman–Crippen LogP) is 1.08. The first-order valence-corrected chi connectivity index (χ1v) is 9.62. The molecule has 0 radical (unpaired) electrons. The van der Waals surface area contributed by atoms with Crippen molar-refractivity contribution < 1.29 is 4.74 Å². The summed E-state index contributed by atoms with van der Waals surface area (Å²) in [6, 6.07) is 0.418. The Morgan fingerprint density at radius 3 is 2.88 bits per heavy atom. The quantitative estimate of drug-likeness (QED) is 0.861. The minimum absolute atomic E-state index is 0.404. The van der Waals surface area contributed by atoms with Gasteiger partial charge in [0.2, 0.25) is 0 Å². The molecule has 2 aliphatic heterocycles. The molecule has 26 heavy (non-hydrogen) atoms. The fourth-order valence-corrected chi connectivity index (χ4v) is 4.03. The second kappa shape index (κ2) is 7.36. The number of rotatable bonds is 5. The van der Waals surface area contributed by atoms with Gasteiger partial charge in [0.15, 0.2) is 0 Å². The van der Waals surface area contributed by atoms with Crippen LogP contribution in [0.2, 0.25) is 0 Å². The standard InChI is InChI=1S/C18H29N7O/c1-13(2)17-15(18(23(3)22-17)24-6-8-26-9-7-24)10-19-14-4-5-16-20-12-21-25(16)11-14/h12-14,19H,4-11H2,1-3H3.